The summed E-state index contributed by atoms with van der Waals surface area (Å²) in [4.78, 5) is 28.9. The van der Waals surface area contributed by atoms with Crippen molar-refractivity contribution in [3.8, 4) is 11.5 Å². The van der Waals surface area contributed by atoms with Crippen molar-refractivity contribution in [2.24, 2.45) is 0 Å². The Morgan fingerprint density at radius 1 is 0.806 bits per heavy atom. The zero-order valence-electron chi connectivity index (χ0n) is 17.5. The van der Waals surface area contributed by atoms with Gasteiger partial charge in [-0.1, -0.05) is 42.5 Å². The number of rotatable bonds is 4. The molecule has 0 bridgehead atoms. The highest BCUT2D eigenvalue weighted by atomic mass is 16.5. The molecule has 6 heteroatoms. The number of para-hydroxylation sites is 2. The second kappa shape index (κ2) is 9.34. The highest BCUT2D eigenvalue weighted by Gasteiger charge is 2.25. The van der Waals surface area contributed by atoms with Gasteiger partial charge in [-0.15, -0.1) is 0 Å². The summed E-state index contributed by atoms with van der Waals surface area (Å²) in [5.74, 6) is 1.30. The van der Waals surface area contributed by atoms with Crippen LogP contribution in [-0.4, -0.2) is 47.9 Å². The monoisotopic (exact) mass is 415 g/mol. The molecule has 31 heavy (non-hydrogen) atoms. The molecule has 3 amide bonds. The van der Waals surface area contributed by atoms with E-state index in [2.05, 4.69) is 5.32 Å². The number of urea groups is 1. The number of benzene rings is 3. The number of carbonyl (C=O) groups is 2. The molecule has 3 aromatic carbocycles. The van der Waals surface area contributed by atoms with E-state index in [0.717, 1.165) is 11.3 Å². The fourth-order valence-electron chi connectivity index (χ4n) is 3.53. The molecule has 0 aliphatic carbocycles. The molecular formula is C25H25N3O3. The summed E-state index contributed by atoms with van der Waals surface area (Å²) in [5.41, 5.74) is 2.38. The van der Waals surface area contributed by atoms with Gasteiger partial charge in [0.25, 0.3) is 5.91 Å². The van der Waals surface area contributed by atoms with Crippen LogP contribution in [0, 0.1) is 6.92 Å². The molecule has 1 aliphatic heterocycles. The van der Waals surface area contributed by atoms with Crippen molar-refractivity contribution in [2.45, 2.75) is 6.92 Å². The second-order valence-electron chi connectivity index (χ2n) is 7.49. The van der Waals surface area contributed by atoms with Crippen LogP contribution in [0.5, 0.6) is 11.5 Å². The Balaban J connectivity index is 1.37. The van der Waals surface area contributed by atoms with Crippen LogP contribution in [0.2, 0.25) is 0 Å². The summed E-state index contributed by atoms with van der Waals surface area (Å²) >= 11 is 0. The lowest BCUT2D eigenvalue weighted by molar-refractivity contribution is 0.0671. The SMILES string of the molecule is Cc1cccc(Oc2ccccc2NC(=O)N2CCN(C(=O)c3ccccc3)CC2)c1. The third-order valence-electron chi connectivity index (χ3n) is 5.22. The highest BCUT2D eigenvalue weighted by Crippen LogP contribution is 2.30. The van der Waals surface area contributed by atoms with Crippen molar-refractivity contribution in [1.82, 2.24) is 9.80 Å². The minimum absolute atomic E-state index is 0.00226. The zero-order valence-corrected chi connectivity index (χ0v) is 17.5. The topological polar surface area (TPSA) is 61.9 Å². The summed E-state index contributed by atoms with van der Waals surface area (Å²) < 4.78 is 5.99. The van der Waals surface area contributed by atoms with Crippen LogP contribution in [0.1, 0.15) is 15.9 Å². The van der Waals surface area contributed by atoms with E-state index in [1.54, 1.807) is 9.80 Å². The fourth-order valence-corrected chi connectivity index (χ4v) is 3.53. The summed E-state index contributed by atoms with van der Waals surface area (Å²) in [6.07, 6.45) is 0. The Morgan fingerprint density at radius 2 is 1.48 bits per heavy atom. The zero-order chi connectivity index (χ0) is 21.6. The van der Waals surface area contributed by atoms with Gasteiger partial charge < -0.3 is 19.9 Å². The smallest absolute Gasteiger partial charge is 0.322 e. The van der Waals surface area contributed by atoms with Crippen LogP contribution in [0.4, 0.5) is 10.5 Å². The molecule has 0 unspecified atom stereocenters. The van der Waals surface area contributed by atoms with Crippen LogP contribution < -0.4 is 10.1 Å². The van der Waals surface area contributed by atoms with Crippen LogP contribution in [0.3, 0.4) is 0 Å². The first-order valence-electron chi connectivity index (χ1n) is 10.3. The van der Waals surface area contributed by atoms with Crippen molar-refractivity contribution in [1.29, 1.82) is 0 Å². The summed E-state index contributed by atoms with van der Waals surface area (Å²) in [6.45, 7) is 3.96. The van der Waals surface area contributed by atoms with E-state index in [-0.39, 0.29) is 11.9 Å². The third-order valence-corrected chi connectivity index (χ3v) is 5.22. The van der Waals surface area contributed by atoms with Gasteiger partial charge in [0.15, 0.2) is 5.75 Å². The Morgan fingerprint density at radius 3 is 2.23 bits per heavy atom. The molecule has 4 rings (SSSR count). The third kappa shape index (κ3) is 5.04. The maximum absolute atomic E-state index is 12.8. The number of piperazine rings is 1. The lowest BCUT2D eigenvalue weighted by atomic mass is 10.2. The van der Waals surface area contributed by atoms with E-state index in [4.69, 9.17) is 4.74 Å². The van der Waals surface area contributed by atoms with Crippen molar-refractivity contribution >= 4 is 17.6 Å². The Labute approximate surface area is 182 Å². The predicted octanol–water partition coefficient (Wildman–Crippen LogP) is 4.78. The standard InChI is InChI=1S/C25H25N3O3/c1-19-8-7-11-21(18-19)31-23-13-6-5-12-22(23)26-25(30)28-16-14-27(15-17-28)24(29)20-9-3-2-4-10-20/h2-13,18H,14-17H2,1H3,(H,26,30). The normalized spacial score (nSPS) is 13.6. The number of nitrogens with zero attached hydrogens (tertiary/aromatic N) is 2. The fraction of sp³-hybridized carbons (Fsp3) is 0.200. The largest absolute Gasteiger partial charge is 0.455 e. The minimum Gasteiger partial charge on any atom is -0.455 e. The molecule has 1 N–H and O–H groups in total. The van der Waals surface area contributed by atoms with Gasteiger partial charge in [0, 0.05) is 31.7 Å². The molecule has 158 valence electrons. The van der Waals surface area contributed by atoms with E-state index >= 15 is 0 Å². The van der Waals surface area contributed by atoms with E-state index in [1.165, 1.54) is 0 Å². The van der Waals surface area contributed by atoms with Gasteiger partial charge in [0.2, 0.25) is 0 Å². The first-order valence-corrected chi connectivity index (χ1v) is 10.3. The van der Waals surface area contributed by atoms with E-state index < -0.39 is 0 Å². The van der Waals surface area contributed by atoms with Gasteiger partial charge in [0.1, 0.15) is 5.75 Å². The van der Waals surface area contributed by atoms with Gasteiger partial charge >= 0.3 is 6.03 Å². The Bertz CT molecular complexity index is 1060. The highest BCUT2D eigenvalue weighted by molar-refractivity contribution is 5.95. The number of hydrogen-bond donors (Lipinski definition) is 1. The number of amides is 3. The quantitative estimate of drug-likeness (QED) is 0.667. The molecule has 1 heterocycles. The van der Waals surface area contributed by atoms with Crippen molar-refractivity contribution in [3.63, 3.8) is 0 Å². The van der Waals surface area contributed by atoms with Crippen LogP contribution in [0.15, 0.2) is 78.9 Å². The van der Waals surface area contributed by atoms with Gasteiger partial charge in [-0.3, -0.25) is 4.79 Å². The molecule has 0 spiro atoms. The molecular weight excluding hydrogens is 390 g/mol. The first-order chi connectivity index (χ1) is 15.1. The molecule has 0 aromatic heterocycles. The van der Waals surface area contributed by atoms with Gasteiger partial charge in [-0.25, -0.2) is 4.79 Å². The average Bonchev–Trinajstić information content (AvgIpc) is 2.80. The number of ether oxygens (including phenoxy) is 1. The van der Waals surface area contributed by atoms with E-state index in [1.807, 2.05) is 85.8 Å². The van der Waals surface area contributed by atoms with Crippen molar-refractivity contribution in [3.05, 3.63) is 90.0 Å². The minimum atomic E-state index is -0.202. The van der Waals surface area contributed by atoms with Crippen molar-refractivity contribution < 1.29 is 14.3 Å². The lowest BCUT2D eigenvalue weighted by Gasteiger charge is -2.34. The molecule has 1 fully saturated rings. The second-order valence-corrected chi connectivity index (χ2v) is 7.49. The van der Waals surface area contributed by atoms with Gasteiger partial charge in [0.05, 0.1) is 5.69 Å². The molecule has 3 aromatic rings. The molecule has 1 saturated heterocycles. The maximum atomic E-state index is 12.8. The Hall–Kier alpha value is -3.80. The average molecular weight is 415 g/mol. The summed E-state index contributed by atoms with van der Waals surface area (Å²) in [7, 11) is 0. The number of hydrogen-bond acceptors (Lipinski definition) is 3. The van der Waals surface area contributed by atoms with Crippen molar-refractivity contribution in [2.75, 3.05) is 31.5 Å². The van der Waals surface area contributed by atoms with E-state index in [0.29, 0.717) is 43.2 Å². The Kier molecular flexibility index (Phi) is 6.17. The van der Waals surface area contributed by atoms with Crippen LogP contribution in [-0.2, 0) is 0 Å². The van der Waals surface area contributed by atoms with E-state index in [9.17, 15) is 9.59 Å². The van der Waals surface area contributed by atoms with Crippen LogP contribution >= 0.6 is 0 Å². The summed E-state index contributed by atoms with van der Waals surface area (Å²) in [6, 6.07) is 24.2. The molecule has 6 nitrogen and oxygen atoms in total. The summed E-state index contributed by atoms with van der Waals surface area (Å²) in [5, 5.41) is 2.95. The molecule has 0 saturated carbocycles. The number of carbonyl (C=O) groups excluding carboxylic acids is 2. The maximum Gasteiger partial charge on any atom is 0.322 e. The number of anilines is 1. The van der Waals surface area contributed by atoms with Gasteiger partial charge in [-0.05, 0) is 48.9 Å². The molecule has 0 atom stereocenters. The van der Waals surface area contributed by atoms with Crippen LogP contribution in [0.25, 0.3) is 0 Å². The predicted molar refractivity (Wildman–Crippen MR) is 121 cm³/mol. The van der Waals surface area contributed by atoms with Gasteiger partial charge in [-0.2, -0.15) is 0 Å². The lowest BCUT2D eigenvalue weighted by Crippen LogP contribution is -2.51. The molecule has 1 aliphatic rings. The molecule has 0 radical (unpaired) electrons. The first kappa shape index (κ1) is 20.5. The number of nitrogens with one attached hydrogen (secondary N) is 1. The number of aryl methyl sites for hydroxylation is 1.